The Labute approximate surface area is 187 Å². The second-order valence-electron chi connectivity index (χ2n) is 7.73. The number of rotatable bonds is 7. The summed E-state index contributed by atoms with van der Waals surface area (Å²) in [5, 5.41) is 11.7. The summed E-state index contributed by atoms with van der Waals surface area (Å²) in [5.41, 5.74) is 6.93. The van der Waals surface area contributed by atoms with Crippen molar-refractivity contribution in [3.63, 3.8) is 0 Å². The first kappa shape index (κ1) is 21.3. The normalized spacial score (nSPS) is 13.7. The van der Waals surface area contributed by atoms with Crippen molar-refractivity contribution < 1.29 is 14.8 Å². The maximum absolute atomic E-state index is 13.0. The first-order valence-corrected chi connectivity index (χ1v) is 10.5. The molecule has 3 aromatic carbocycles. The third-order valence-electron chi connectivity index (χ3n) is 5.25. The van der Waals surface area contributed by atoms with Gasteiger partial charge in [-0.2, -0.15) is 0 Å². The van der Waals surface area contributed by atoms with Gasteiger partial charge in [-0.3, -0.25) is 14.8 Å². The van der Waals surface area contributed by atoms with E-state index in [-0.39, 0.29) is 11.9 Å². The molecule has 0 atom stereocenters. The van der Waals surface area contributed by atoms with Crippen molar-refractivity contribution in [1.29, 1.82) is 0 Å². The number of hydrogen-bond acceptors (Lipinski definition) is 3. The molecule has 3 N–H and O–H groups in total. The second-order valence-corrected chi connectivity index (χ2v) is 7.73. The summed E-state index contributed by atoms with van der Waals surface area (Å²) in [6.45, 7) is 0. The van der Waals surface area contributed by atoms with Crippen LogP contribution in [0.2, 0.25) is 0 Å². The van der Waals surface area contributed by atoms with E-state index in [4.69, 9.17) is 5.21 Å². The molecular formula is C27H24N2O3. The molecule has 3 aromatic rings. The van der Waals surface area contributed by atoms with E-state index in [1.807, 2.05) is 72.8 Å². The fourth-order valence-electron chi connectivity index (χ4n) is 3.32. The van der Waals surface area contributed by atoms with Gasteiger partial charge in [0.25, 0.3) is 11.8 Å². The largest absolute Gasteiger partial charge is 0.349 e. The molecule has 0 saturated heterocycles. The molecule has 1 fully saturated rings. The van der Waals surface area contributed by atoms with Crippen LogP contribution in [0, 0.1) is 0 Å². The van der Waals surface area contributed by atoms with Gasteiger partial charge < -0.3 is 5.32 Å². The average Bonchev–Trinajstić information content (AvgIpc) is 3.66. The summed E-state index contributed by atoms with van der Waals surface area (Å²) < 4.78 is 0. The third-order valence-corrected chi connectivity index (χ3v) is 5.25. The molecule has 160 valence electrons. The van der Waals surface area contributed by atoms with Gasteiger partial charge in [0.2, 0.25) is 0 Å². The molecule has 1 saturated carbocycles. The molecule has 0 spiro atoms. The van der Waals surface area contributed by atoms with Gasteiger partial charge in [-0.05, 0) is 52.8 Å². The number of benzene rings is 3. The fourth-order valence-corrected chi connectivity index (χ4v) is 3.32. The molecule has 32 heavy (non-hydrogen) atoms. The van der Waals surface area contributed by atoms with E-state index in [2.05, 4.69) is 17.4 Å². The predicted molar refractivity (Wildman–Crippen MR) is 126 cm³/mol. The van der Waals surface area contributed by atoms with Crippen molar-refractivity contribution in [3.8, 4) is 11.1 Å². The summed E-state index contributed by atoms with van der Waals surface area (Å²) >= 11 is 0. The Morgan fingerprint density at radius 1 is 0.812 bits per heavy atom. The zero-order valence-corrected chi connectivity index (χ0v) is 17.5. The number of hydroxylamine groups is 1. The van der Waals surface area contributed by atoms with Gasteiger partial charge in [0.15, 0.2) is 0 Å². The van der Waals surface area contributed by atoms with Crippen LogP contribution in [0.5, 0.6) is 0 Å². The van der Waals surface area contributed by atoms with Gasteiger partial charge in [-0.1, -0.05) is 78.9 Å². The number of hydrogen-bond donors (Lipinski definition) is 3. The Morgan fingerprint density at radius 3 is 2.06 bits per heavy atom. The van der Waals surface area contributed by atoms with Crippen LogP contribution in [0.1, 0.15) is 29.5 Å². The summed E-state index contributed by atoms with van der Waals surface area (Å²) in [6, 6.07) is 25.9. The fraction of sp³-hybridized carbons (Fsp3) is 0.111. The number of amides is 2. The molecule has 0 bridgehead atoms. The maximum Gasteiger partial charge on any atom is 0.267 e. The minimum absolute atomic E-state index is 0.0800. The SMILES string of the molecule is O=C(/C=C/c1ccc(/C=C(/C(=O)NC2CC2)c2ccc(-c3ccccc3)cc2)cc1)NO. The van der Waals surface area contributed by atoms with Gasteiger partial charge in [0, 0.05) is 17.7 Å². The zero-order chi connectivity index (χ0) is 22.3. The molecule has 1 aliphatic carbocycles. The average molecular weight is 425 g/mol. The number of nitrogens with one attached hydrogen (secondary N) is 2. The molecule has 4 rings (SSSR count). The van der Waals surface area contributed by atoms with E-state index in [0.717, 1.165) is 40.7 Å². The van der Waals surface area contributed by atoms with E-state index >= 15 is 0 Å². The molecule has 0 aromatic heterocycles. The predicted octanol–water partition coefficient (Wildman–Crippen LogP) is 4.69. The smallest absolute Gasteiger partial charge is 0.267 e. The highest BCUT2D eigenvalue weighted by molar-refractivity contribution is 6.24. The van der Waals surface area contributed by atoms with E-state index in [1.54, 1.807) is 11.6 Å². The lowest BCUT2D eigenvalue weighted by Crippen LogP contribution is -2.26. The highest BCUT2D eigenvalue weighted by Gasteiger charge is 2.25. The molecule has 0 aliphatic heterocycles. The summed E-state index contributed by atoms with van der Waals surface area (Å²) in [4.78, 5) is 24.1. The van der Waals surface area contributed by atoms with Gasteiger partial charge in [-0.25, -0.2) is 5.48 Å². The minimum atomic E-state index is -0.591. The van der Waals surface area contributed by atoms with Crippen molar-refractivity contribution in [1.82, 2.24) is 10.8 Å². The highest BCUT2D eigenvalue weighted by atomic mass is 16.5. The van der Waals surface area contributed by atoms with E-state index in [0.29, 0.717) is 5.57 Å². The number of carbonyl (C=O) groups is 2. The topological polar surface area (TPSA) is 78.4 Å². The zero-order valence-electron chi connectivity index (χ0n) is 17.5. The molecule has 0 heterocycles. The molecule has 0 unspecified atom stereocenters. The standard InChI is InChI=1S/C27H24N2O3/c30-26(29-32)17-10-19-6-8-20(9-7-19)18-25(27(31)28-24-15-16-24)23-13-11-22(12-14-23)21-4-2-1-3-5-21/h1-14,17-18,24,32H,15-16H2,(H,28,31)(H,29,30)/b17-10+,25-18+. The maximum atomic E-state index is 13.0. The van der Waals surface area contributed by atoms with Crippen LogP contribution in [0.15, 0.2) is 84.9 Å². The van der Waals surface area contributed by atoms with Gasteiger partial charge >= 0.3 is 0 Å². The minimum Gasteiger partial charge on any atom is -0.349 e. The van der Waals surface area contributed by atoms with Crippen LogP contribution in [0.3, 0.4) is 0 Å². The Hall–Kier alpha value is -3.96. The van der Waals surface area contributed by atoms with E-state index in [9.17, 15) is 9.59 Å². The lowest BCUT2D eigenvalue weighted by molar-refractivity contribution is -0.124. The van der Waals surface area contributed by atoms with Gasteiger partial charge in [0.1, 0.15) is 0 Å². The first-order chi connectivity index (χ1) is 15.6. The van der Waals surface area contributed by atoms with Crippen molar-refractivity contribution >= 4 is 29.5 Å². The van der Waals surface area contributed by atoms with Crippen LogP contribution in [0.25, 0.3) is 28.9 Å². The quantitative estimate of drug-likeness (QED) is 0.223. The molecule has 2 amide bonds. The molecule has 0 radical (unpaired) electrons. The molecular weight excluding hydrogens is 400 g/mol. The Balaban J connectivity index is 1.60. The second kappa shape index (κ2) is 9.90. The van der Waals surface area contributed by atoms with Crippen molar-refractivity contribution in [2.45, 2.75) is 18.9 Å². The van der Waals surface area contributed by atoms with Crippen LogP contribution in [-0.4, -0.2) is 23.1 Å². The van der Waals surface area contributed by atoms with E-state index in [1.165, 1.54) is 6.08 Å². The molecule has 1 aliphatic rings. The summed E-state index contributed by atoms with van der Waals surface area (Å²) in [7, 11) is 0. The highest BCUT2D eigenvalue weighted by Crippen LogP contribution is 2.26. The third kappa shape index (κ3) is 5.59. The first-order valence-electron chi connectivity index (χ1n) is 10.5. The molecule has 5 heteroatoms. The Morgan fingerprint density at radius 2 is 1.44 bits per heavy atom. The summed E-state index contributed by atoms with van der Waals surface area (Å²) in [6.07, 6.45) is 6.77. The molecule has 5 nitrogen and oxygen atoms in total. The van der Waals surface area contributed by atoms with Crippen LogP contribution in [-0.2, 0) is 9.59 Å². The Kier molecular flexibility index (Phi) is 6.58. The van der Waals surface area contributed by atoms with Crippen LogP contribution in [0.4, 0.5) is 0 Å². The lowest BCUT2D eigenvalue weighted by Gasteiger charge is -2.10. The number of carbonyl (C=O) groups excluding carboxylic acids is 2. The van der Waals surface area contributed by atoms with Gasteiger partial charge in [-0.15, -0.1) is 0 Å². The Bertz CT molecular complexity index is 1140. The van der Waals surface area contributed by atoms with Gasteiger partial charge in [0.05, 0.1) is 0 Å². The van der Waals surface area contributed by atoms with E-state index < -0.39 is 5.91 Å². The van der Waals surface area contributed by atoms with Crippen LogP contribution < -0.4 is 10.8 Å². The van der Waals surface area contributed by atoms with Crippen molar-refractivity contribution in [3.05, 3.63) is 102 Å². The lowest BCUT2D eigenvalue weighted by atomic mass is 9.98. The van der Waals surface area contributed by atoms with Crippen molar-refractivity contribution in [2.75, 3.05) is 0 Å². The van der Waals surface area contributed by atoms with Crippen molar-refractivity contribution in [2.24, 2.45) is 0 Å². The summed E-state index contributed by atoms with van der Waals surface area (Å²) in [5.74, 6) is -0.671. The van der Waals surface area contributed by atoms with Crippen LogP contribution >= 0.6 is 0 Å². The monoisotopic (exact) mass is 424 g/mol.